The summed E-state index contributed by atoms with van der Waals surface area (Å²) in [7, 11) is 0. The van der Waals surface area contributed by atoms with E-state index in [1.165, 1.54) is 23.3 Å². The van der Waals surface area contributed by atoms with E-state index in [4.69, 9.17) is 17.0 Å². The Morgan fingerprint density at radius 2 is 1.89 bits per heavy atom. The zero-order valence-corrected chi connectivity index (χ0v) is 16.2. The maximum atomic E-state index is 5.61. The molecule has 7 heteroatoms. The molecule has 2 atom stereocenters. The molecule has 1 saturated heterocycles. The van der Waals surface area contributed by atoms with Gasteiger partial charge in [-0.3, -0.25) is 0 Å². The number of para-hydroxylation sites is 1. The standard InChI is InChI=1S/C20H23N5OS/c1-2-26-18-12-10-16(11-13-18)19-9-6-14-23(19)15-24-20(27)25(22-21-24)17-7-4-3-5-8-17/h3-5,7-8,10-13,19H,2,6,9,14-15H2,1H3/p+1/t19-/m1/s1. The molecule has 1 aliphatic rings. The summed E-state index contributed by atoms with van der Waals surface area (Å²) in [6.07, 6.45) is 2.37. The lowest BCUT2D eigenvalue weighted by molar-refractivity contribution is -0.941. The summed E-state index contributed by atoms with van der Waals surface area (Å²) in [5.41, 5.74) is 2.28. The summed E-state index contributed by atoms with van der Waals surface area (Å²) in [5, 5.41) is 8.56. The highest BCUT2D eigenvalue weighted by Gasteiger charge is 2.30. The average molecular weight is 383 g/mol. The third-order valence-corrected chi connectivity index (χ3v) is 5.45. The second-order valence-corrected chi connectivity index (χ2v) is 7.14. The molecule has 0 bridgehead atoms. The molecular formula is C20H24N5OS+. The number of benzene rings is 2. The van der Waals surface area contributed by atoms with Crippen LogP contribution in [0.3, 0.4) is 0 Å². The molecule has 1 unspecified atom stereocenters. The summed E-state index contributed by atoms with van der Waals surface area (Å²) in [6.45, 7) is 4.53. The first kappa shape index (κ1) is 17.9. The van der Waals surface area contributed by atoms with Crippen molar-refractivity contribution in [2.45, 2.75) is 32.5 Å². The highest BCUT2D eigenvalue weighted by Crippen LogP contribution is 2.22. The maximum absolute atomic E-state index is 5.61. The van der Waals surface area contributed by atoms with Gasteiger partial charge in [-0.2, -0.15) is 9.36 Å². The summed E-state index contributed by atoms with van der Waals surface area (Å²) in [5.74, 6) is 0.925. The van der Waals surface area contributed by atoms with Crippen LogP contribution >= 0.6 is 12.2 Å². The molecule has 0 radical (unpaired) electrons. The molecule has 3 aromatic rings. The minimum Gasteiger partial charge on any atom is -0.494 e. The first-order valence-electron chi connectivity index (χ1n) is 9.42. The average Bonchev–Trinajstić information content (AvgIpc) is 3.31. The Balaban J connectivity index is 1.52. The van der Waals surface area contributed by atoms with Gasteiger partial charge in [0, 0.05) is 18.4 Å². The smallest absolute Gasteiger partial charge is 0.225 e. The van der Waals surface area contributed by atoms with Gasteiger partial charge in [0.15, 0.2) is 6.67 Å². The Hall–Kier alpha value is -2.51. The van der Waals surface area contributed by atoms with Crippen molar-refractivity contribution >= 4 is 12.2 Å². The first-order valence-corrected chi connectivity index (χ1v) is 9.82. The molecule has 2 heterocycles. The largest absolute Gasteiger partial charge is 0.494 e. The van der Waals surface area contributed by atoms with Crippen LogP contribution in [0, 0.1) is 4.77 Å². The van der Waals surface area contributed by atoms with Gasteiger partial charge in [-0.1, -0.05) is 18.2 Å². The molecule has 140 valence electrons. The van der Waals surface area contributed by atoms with Crippen LogP contribution in [0.1, 0.15) is 31.4 Å². The van der Waals surface area contributed by atoms with Crippen LogP contribution in [0.4, 0.5) is 0 Å². The molecular weight excluding hydrogens is 358 g/mol. The molecule has 1 N–H and O–H groups in total. The van der Waals surface area contributed by atoms with Crippen molar-refractivity contribution in [3.63, 3.8) is 0 Å². The Bertz CT molecular complexity index is 935. The molecule has 1 fully saturated rings. The number of hydrogen-bond acceptors (Lipinski definition) is 4. The summed E-state index contributed by atoms with van der Waals surface area (Å²) in [6, 6.07) is 18.8. The van der Waals surface area contributed by atoms with Gasteiger partial charge in [0.2, 0.25) is 4.77 Å². The summed E-state index contributed by atoms with van der Waals surface area (Å²) >= 11 is 5.61. The number of tetrazole rings is 1. The van der Waals surface area contributed by atoms with Crippen molar-refractivity contribution in [1.29, 1.82) is 0 Å². The summed E-state index contributed by atoms with van der Waals surface area (Å²) < 4.78 is 9.75. The van der Waals surface area contributed by atoms with Gasteiger partial charge < -0.3 is 9.64 Å². The fourth-order valence-electron chi connectivity index (χ4n) is 3.76. The minimum atomic E-state index is 0.449. The van der Waals surface area contributed by atoms with Gasteiger partial charge >= 0.3 is 0 Å². The van der Waals surface area contributed by atoms with E-state index >= 15 is 0 Å². The van der Waals surface area contributed by atoms with Crippen molar-refractivity contribution in [2.24, 2.45) is 0 Å². The first-order chi connectivity index (χ1) is 13.3. The van der Waals surface area contributed by atoms with Crippen molar-refractivity contribution in [1.82, 2.24) is 19.8 Å². The molecule has 2 aromatic carbocycles. The molecule has 0 amide bonds. The Kier molecular flexibility index (Phi) is 5.31. The number of ether oxygens (including phenoxy) is 1. The van der Waals surface area contributed by atoms with Crippen LogP contribution in [0.15, 0.2) is 54.6 Å². The van der Waals surface area contributed by atoms with Gasteiger partial charge in [0.05, 0.1) is 18.8 Å². The predicted molar refractivity (Wildman–Crippen MR) is 106 cm³/mol. The lowest BCUT2D eigenvalue weighted by atomic mass is 10.0. The normalized spacial score (nSPS) is 19.3. The van der Waals surface area contributed by atoms with Gasteiger partial charge in [-0.15, -0.1) is 0 Å². The second-order valence-electron chi connectivity index (χ2n) is 6.77. The van der Waals surface area contributed by atoms with E-state index in [-0.39, 0.29) is 0 Å². The topological polar surface area (TPSA) is 49.3 Å². The highest BCUT2D eigenvalue weighted by atomic mass is 32.1. The Labute approximate surface area is 164 Å². The third kappa shape index (κ3) is 3.79. The van der Waals surface area contributed by atoms with E-state index in [0.29, 0.717) is 17.4 Å². The number of hydrogen-bond donors (Lipinski definition) is 1. The lowest BCUT2D eigenvalue weighted by Crippen LogP contribution is -3.09. The van der Waals surface area contributed by atoms with E-state index in [9.17, 15) is 0 Å². The Morgan fingerprint density at radius 1 is 1.11 bits per heavy atom. The van der Waals surface area contributed by atoms with Gasteiger partial charge in [-0.25, -0.2) is 0 Å². The van der Waals surface area contributed by atoms with E-state index in [1.54, 1.807) is 4.68 Å². The SMILES string of the molecule is CCOc1ccc([C@H]2CCC[NH+]2Cn2nnn(-c3ccccc3)c2=S)cc1. The van der Waals surface area contributed by atoms with E-state index in [0.717, 1.165) is 24.7 Å². The number of rotatable bonds is 6. The van der Waals surface area contributed by atoms with Crippen LogP contribution in [-0.2, 0) is 6.67 Å². The van der Waals surface area contributed by atoms with Gasteiger partial charge in [0.1, 0.15) is 11.8 Å². The Morgan fingerprint density at radius 3 is 2.63 bits per heavy atom. The van der Waals surface area contributed by atoms with Crippen LogP contribution in [-0.4, -0.2) is 32.9 Å². The van der Waals surface area contributed by atoms with Crippen molar-refractivity contribution in [3.05, 3.63) is 64.9 Å². The number of quaternary nitrogens is 1. The fraction of sp³-hybridized carbons (Fsp3) is 0.350. The summed E-state index contributed by atoms with van der Waals surface area (Å²) in [4.78, 5) is 1.47. The van der Waals surface area contributed by atoms with Crippen LogP contribution in [0.2, 0.25) is 0 Å². The van der Waals surface area contributed by atoms with Crippen molar-refractivity contribution < 1.29 is 9.64 Å². The minimum absolute atomic E-state index is 0.449. The molecule has 4 rings (SSSR count). The van der Waals surface area contributed by atoms with Crippen molar-refractivity contribution in [3.8, 4) is 11.4 Å². The second kappa shape index (κ2) is 8.02. The number of aromatic nitrogens is 4. The van der Waals surface area contributed by atoms with E-state index in [1.807, 2.05) is 41.9 Å². The molecule has 27 heavy (non-hydrogen) atoms. The van der Waals surface area contributed by atoms with Crippen LogP contribution < -0.4 is 9.64 Å². The van der Waals surface area contributed by atoms with Crippen LogP contribution in [0.25, 0.3) is 5.69 Å². The number of nitrogens with one attached hydrogen (secondary N) is 1. The molecule has 0 aliphatic carbocycles. The molecule has 0 spiro atoms. The molecule has 6 nitrogen and oxygen atoms in total. The quantitative estimate of drug-likeness (QED) is 0.666. The maximum Gasteiger partial charge on any atom is 0.225 e. The van der Waals surface area contributed by atoms with Crippen molar-refractivity contribution in [2.75, 3.05) is 13.2 Å². The molecule has 1 aromatic heterocycles. The van der Waals surface area contributed by atoms with Gasteiger partial charge in [-0.05, 0) is 66.0 Å². The number of nitrogens with zero attached hydrogens (tertiary/aromatic N) is 4. The molecule has 1 aliphatic heterocycles. The number of likely N-dealkylation sites (tertiary alicyclic amines) is 1. The van der Waals surface area contributed by atoms with Crippen LogP contribution in [0.5, 0.6) is 5.75 Å². The predicted octanol–water partition coefficient (Wildman–Crippen LogP) is 2.57. The monoisotopic (exact) mass is 382 g/mol. The van der Waals surface area contributed by atoms with E-state index < -0.39 is 0 Å². The lowest BCUT2D eigenvalue weighted by Gasteiger charge is -2.21. The zero-order chi connectivity index (χ0) is 18.6. The fourth-order valence-corrected chi connectivity index (χ4v) is 4.01. The van der Waals surface area contributed by atoms with Gasteiger partial charge in [0.25, 0.3) is 0 Å². The van der Waals surface area contributed by atoms with E-state index in [2.05, 4.69) is 34.7 Å². The molecule has 0 saturated carbocycles. The highest BCUT2D eigenvalue weighted by molar-refractivity contribution is 7.71. The third-order valence-electron chi connectivity index (χ3n) is 5.07. The zero-order valence-electron chi connectivity index (χ0n) is 15.4.